The van der Waals surface area contributed by atoms with E-state index in [2.05, 4.69) is 26.0 Å². The zero-order valence-corrected chi connectivity index (χ0v) is 13.4. The van der Waals surface area contributed by atoms with Gasteiger partial charge in [0.25, 0.3) is 0 Å². The Bertz CT molecular complexity index is 601. The molecule has 116 valence electrons. The third-order valence-corrected chi connectivity index (χ3v) is 4.43. The average molecular weight is 379 g/mol. The Kier molecular flexibility index (Phi) is 6.79. The van der Waals surface area contributed by atoms with Gasteiger partial charge < -0.3 is 10.4 Å². The number of carbonyl (C=O) groups excluding carboxylic acids is 1. The van der Waals surface area contributed by atoms with E-state index in [-0.39, 0.29) is 30.8 Å². The molecule has 1 aromatic carbocycles. The van der Waals surface area contributed by atoms with E-state index < -0.39 is 21.9 Å². The maximum Gasteiger partial charge on any atom is 0.305 e. The number of halogens is 1. The number of sulfonamides is 1. The summed E-state index contributed by atoms with van der Waals surface area (Å²) in [7, 11) is -3.65. The molecule has 0 unspecified atom stereocenters. The molecule has 1 aromatic rings. The number of aliphatic carboxylic acids is 1. The van der Waals surface area contributed by atoms with Crippen molar-refractivity contribution in [2.75, 3.05) is 13.1 Å². The summed E-state index contributed by atoms with van der Waals surface area (Å²) in [5.41, 5.74) is 0. The fourth-order valence-electron chi connectivity index (χ4n) is 1.39. The van der Waals surface area contributed by atoms with Gasteiger partial charge in [-0.05, 0) is 24.3 Å². The van der Waals surface area contributed by atoms with E-state index >= 15 is 0 Å². The highest BCUT2D eigenvalue weighted by atomic mass is 79.9. The molecule has 0 aliphatic heterocycles. The maximum atomic E-state index is 11.9. The van der Waals surface area contributed by atoms with Crippen LogP contribution < -0.4 is 10.0 Å². The van der Waals surface area contributed by atoms with Crippen molar-refractivity contribution in [1.82, 2.24) is 10.0 Å². The van der Waals surface area contributed by atoms with Crippen LogP contribution in [0, 0.1) is 0 Å². The summed E-state index contributed by atoms with van der Waals surface area (Å²) in [6.07, 6.45) is -0.230. The molecule has 7 nitrogen and oxygen atoms in total. The zero-order valence-electron chi connectivity index (χ0n) is 11.0. The van der Waals surface area contributed by atoms with E-state index in [1.165, 1.54) is 12.1 Å². The number of carboxylic acid groups (broad SMARTS) is 1. The predicted octanol–water partition coefficient (Wildman–Crippen LogP) is 0.708. The fourth-order valence-corrected chi connectivity index (χ4v) is 2.69. The number of nitrogens with one attached hydrogen (secondary N) is 2. The second-order valence-electron chi connectivity index (χ2n) is 4.10. The van der Waals surface area contributed by atoms with E-state index in [0.29, 0.717) is 0 Å². The monoisotopic (exact) mass is 378 g/mol. The molecule has 0 saturated heterocycles. The normalized spacial score (nSPS) is 11.1. The minimum atomic E-state index is -3.65. The number of carboxylic acids is 1. The first kappa shape index (κ1) is 17.6. The Morgan fingerprint density at radius 1 is 1.10 bits per heavy atom. The molecule has 0 heterocycles. The van der Waals surface area contributed by atoms with Crippen LogP contribution in [0.15, 0.2) is 33.6 Å². The van der Waals surface area contributed by atoms with Crippen LogP contribution in [-0.4, -0.2) is 38.5 Å². The topological polar surface area (TPSA) is 113 Å². The van der Waals surface area contributed by atoms with Crippen molar-refractivity contribution in [3.63, 3.8) is 0 Å². The van der Waals surface area contributed by atoms with Crippen LogP contribution in [0.3, 0.4) is 0 Å². The highest BCUT2D eigenvalue weighted by molar-refractivity contribution is 9.10. The van der Waals surface area contributed by atoms with Crippen LogP contribution in [0.2, 0.25) is 0 Å². The van der Waals surface area contributed by atoms with Gasteiger partial charge in [0, 0.05) is 24.0 Å². The van der Waals surface area contributed by atoms with Gasteiger partial charge in [-0.3, -0.25) is 9.59 Å². The van der Waals surface area contributed by atoms with Crippen LogP contribution in [0.5, 0.6) is 0 Å². The van der Waals surface area contributed by atoms with Crippen molar-refractivity contribution in [1.29, 1.82) is 0 Å². The highest BCUT2D eigenvalue weighted by Gasteiger charge is 2.13. The first-order valence-electron chi connectivity index (χ1n) is 6.05. The minimum absolute atomic E-state index is 0.0215. The predicted molar refractivity (Wildman–Crippen MR) is 79.2 cm³/mol. The van der Waals surface area contributed by atoms with Crippen molar-refractivity contribution in [2.45, 2.75) is 17.7 Å². The molecule has 0 bridgehead atoms. The molecule has 0 saturated carbocycles. The Balaban J connectivity index is 2.39. The van der Waals surface area contributed by atoms with Gasteiger partial charge in [-0.25, -0.2) is 13.1 Å². The first-order chi connectivity index (χ1) is 9.81. The number of amides is 1. The van der Waals surface area contributed by atoms with Crippen LogP contribution in [0.25, 0.3) is 0 Å². The van der Waals surface area contributed by atoms with Crippen LogP contribution >= 0.6 is 15.9 Å². The SMILES string of the molecule is O=C(O)CCNC(=O)CCNS(=O)(=O)c1ccc(Br)cc1. The molecule has 3 N–H and O–H groups in total. The van der Waals surface area contributed by atoms with Crippen molar-refractivity contribution in [3.05, 3.63) is 28.7 Å². The van der Waals surface area contributed by atoms with E-state index in [4.69, 9.17) is 5.11 Å². The Morgan fingerprint density at radius 3 is 2.29 bits per heavy atom. The molecule has 0 fully saturated rings. The Labute approximate surface area is 130 Å². The molecule has 0 aromatic heterocycles. The third-order valence-electron chi connectivity index (χ3n) is 2.43. The molecular formula is C12H15BrN2O5S. The zero-order chi connectivity index (χ0) is 15.9. The molecule has 0 aliphatic carbocycles. The second-order valence-corrected chi connectivity index (χ2v) is 6.78. The maximum absolute atomic E-state index is 11.9. The van der Waals surface area contributed by atoms with Crippen LogP contribution in [-0.2, 0) is 19.6 Å². The van der Waals surface area contributed by atoms with Crippen LogP contribution in [0.4, 0.5) is 0 Å². The largest absolute Gasteiger partial charge is 0.481 e. The van der Waals surface area contributed by atoms with Crippen molar-refractivity contribution in [2.24, 2.45) is 0 Å². The summed E-state index contributed by atoms with van der Waals surface area (Å²) in [6.45, 7) is -0.0368. The lowest BCUT2D eigenvalue weighted by molar-refractivity contribution is -0.136. The lowest BCUT2D eigenvalue weighted by Crippen LogP contribution is -2.31. The second kappa shape index (κ2) is 8.11. The van der Waals surface area contributed by atoms with Gasteiger partial charge in [0.15, 0.2) is 0 Å². The summed E-state index contributed by atoms with van der Waals surface area (Å²) < 4.78 is 26.9. The van der Waals surface area contributed by atoms with Crippen molar-refractivity contribution < 1.29 is 23.1 Å². The van der Waals surface area contributed by atoms with Crippen LogP contribution in [0.1, 0.15) is 12.8 Å². The first-order valence-corrected chi connectivity index (χ1v) is 8.32. The van der Waals surface area contributed by atoms with E-state index in [0.717, 1.165) is 4.47 Å². The van der Waals surface area contributed by atoms with Gasteiger partial charge in [-0.2, -0.15) is 0 Å². The fraction of sp³-hybridized carbons (Fsp3) is 0.333. The van der Waals surface area contributed by atoms with Gasteiger partial charge in [0.1, 0.15) is 0 Å². The van der Waals surface area contributed by atoms with E-state index in [9.17, 15) is 18.0 Å². The standard InChI is InChI=1S/C12H15BrN2O5S/c13-9-1-3-10(4-2-9)21(19,20)15-8-5-11(16)14-7-6-12(17)18/h1-4,15H,5-8H2,(H,14,16)(H,17,18). The summed E-state index contributed by atoms with van der Waals surface area (Å²) in [4.78, 5) is 21.7. The van der Waals surface area contributed by atoms with Gasteiger partial charge in [0.2, 0.25) is 15.9 Å². The summed E-state index contributed by atoms with van der Waals surface area (Å²) in [5, 5.41) is 10.8. The van der Waals surface area contributed by atoms with E-state index in [1.807, 2.05) is 0 Å². The van der Waals surface area contributed by atoms with Gasteiger partial charge >= 0.3 is 5.97 Å². The van der Waals surface area contributed by atoms with Crippen molar-refractivity contribution in [3.8, 4) is 0 Å². The number of hydrogen-bond acceptors (Lipinski definition) is 4. The van der Waals surface area contributed by atoms with E-state index in [1.54, 1.807) is 12.1 Å². The lowest BCUT2D eigenvalue weighted by Gasteiger charge is -2.07. The average Bonchev–Trinajstić information content (AvgIpc) is 2.38. The van der Waals surface area contributed by atoms with Gasteiger partial charge in [-0.15, -0.1) is 0 Å². The van der Waals surface area contributed by atoms with Gasteiger partial charge in [0.05, 0.1) is 11.3 Å². The summed E-state index contributed by atoms with van der Waals surface area (Å²) >= 11 is 3.21. The molecule has 0 atom stereocenters. The Morgan fingerprint density at radius 2 is 1.71 bits per heavy atom. The minimum Gasteiger partial charge on any atom is -0.481 e. The molecular weight excluding hydrogens is 364 g/mol. The lowest BCUT2D eigenvalue weighted by atomic mass is 10.4. The summed E-state index contributed by atoms with van der Waals surface area (Å²) in [5.74, 6) is -1.42. The summed E-state index contributed by atoms with van der Waals surface area (Å²) in [6, 6.07) is 6.10. The molecule has 1 amide bonds. The molecule has 0 spiro atoms. The molecule has 21 heavy (non-hydrogen) atoms. The van der Waals surface area contributed by atoms with Gasteiger partial charge in [-0.1, -0.05) is 15.9 Å². The smallest absolute Gasteiger partial charge is 0.305 e. The number of rotatable bonds is 8. The highest BCUT2D eigenvalue weighted by Crippen LogP contribution is 2.14. The number of benzene rings is 1. The number of carbonyl (C=O) groups is 2. The Hall–Kier alpha value is -1.45. The molecule has 0 aliphatic rings. The number of hydrogen-bond donors (Lipinski definition) is 3. The third kappa shape index (κ3) is 6.69. The quantitative estimate of drug-likeness (QED) is 0.616. The molecule has 9 heteroatoms. The molecule has 1 rings (SSSR count). The van der Waals surface area contributed by atoms with Crippen molar-refractivity contribution >= 4 is 37.8 Å². The molecule has 0 radical (unpaired) electrons.